The molecule has 1 N–H and O–H groups in total. The molecule has 1 aromatic carbocycles. The second-order valence-corrected chi connectivity index (χ2v) is 6.34. The molecule has 0 spiro atoms. The second-order valence-electron chi connectivity index (χ2n) is 5.42. The number of rotatable bonds is 5. The van der Waals surface area contributed by atoms with Gasteiger partial charge in [-0.1, -0.05) is 22.0 Å². The van der Waals surface area contributed by atoms with Gasteiger partial charge in [0, 0.05) is 29.2 Å². The highest BCUT2D eigenvalue weighted by molar-refractivity contribution is 9.10. The molecule has 1 heterocycles. The zero-order chi connectivity index (χ0) is 15.2. The van der Waals surface area contributed by atoms with Crippen molar-refractivity contribution in [2.24, 2.45) is 0 Å². The Labute approximate surface area is 135 Å². The maximum Gasteiger partial charge on any atom is 0.260 e. The van der Waals surface area contributed by atoms with E-state index in [1.54, 1.807) is 0 Å². The van der Waals surface area contributed by atoms with Gasteiger partial charge in [-0.15, -0.1) is 0 Å². The van der Waals surface area contributed by atoms with Crippen LogP contribution < -0.4 is 10.1 Å². The maximum absolute atomic E-state index is 12.2. The first-order valence-corrected chi connectivity index (χ1v) is 8.28. The van der Waals surface area contributed by atoms with Crippen molar-refractivity contribution in [2.75, 3.05) is 26.7 Å². The van der Waals surface area contributed by atoms with Crippen LogP contribution in [0.3, 0.4) is 0 Å². The van der Waals surface area contributed by atoms with E-state index in [2.05, 4.69) is 28.2 Å². The molecule has 1 fully saturated rings. The van der Waals surface area contributed by atoms with Crippen molar-refractivity contribution in [3.8, 4) is 5.75 Å². The first kappa shape index (κ1) is 16.3. The topological polar surface area (TPSA) is 41.6 Å². The number of hydrogen-bond acceptors (Lipinski definition) is 3. The summed E-state index contributed by atoms with van der Waals surface area (Å²) in [6.07, 6.45) is 3.43. The lowest BCUT2D eigenvalue weighted by Gasteiger charge is -2.27. The number of amides is 1. The third kappa shape index (κ3) is 4.45. The fourth-order valence-electron chi connectivity index (χ4n) is 2.52. The molecule has 0 aliphatic carbocycles. The molecule has 116 valence electrons. The van der Waals surface area contributed by atoms with Crippen LogP contribution in [0.1, 0.15) is 37.8 Å². The molecule has 1 aromatic rings. The number of nitrogens with one attached hydrogen (secondary N) is 1. The molecule has 1 aliphatic rings. The van der Waals surface area contributed by atoms with Crippen LogP contribution in [0.15, 0.2) is 22.7 Å². The lowest BCUT2D eigenvalue weighted by molar-refractivity contribution is -0.134. The predicted molar refractivity (Wildman–Crippen MR) is 87.5 cm³/mol. The van der Waals surface area contributed by atoms with Gasteiger partial charge in [0.15, 0.2) is 6.61 Å². The maximum atomic E-state index is 12.2. The monoisotopic (exact) mass is 354 g/mol. The Hall–Kier alpha value is -1.07. The average Bonchev–Trinajstić information content (AvgIpc) is 2.52. The van der Waals surface area contributed by atoms with Gasteiger partial charge in [0.25, 0.3) is 5.91 Å². The summed E-state index contributed by atoms with van der Waals surface area (Å²) in [6.45, 7) is 3.91. The second kappa shape index (κ2) is 7.80. The summed E-state index contributed by atoms with van der Waals surface area (Å²) < 4.78 is 6.75. The number of likely N-dealkylation sites (tertiary alicyclic amines) is 1. The Bertz CT molecular complexity index is 487. The highest BCUT2D eigenvalue weighted by atomic mass is 79.9. The summed E-state index contributed by atoms with van der Waals surface area (Å²) in [5, 5.41) is 3.20. The van der Waals surface area contributed by atoms with Crippen molar-refractivity contribution >= 4 is 21.8 Å². The summed E-state index contributed by atoms with van der Waals surface area (Å²) in [4.78, 5) is 14.1. The molecule has 1 atom stereocenters. The molecule has 0 radical (unpaired) electrons. The number of hydrogen-bond donors (Lipinski definition) is 1. The van der Waals surface area contributed by atoms with Gasteiger partial charge in [-0.25, -0.2) is 0 Å². The highest BCUT2D eigenvalue weighted by Crippen LogP contribution is 2.28. The summed E-state index contributed by atoms with van der Waals surface area (Å²) >= 11 is 3.46. The molecular weight excluding hydrogens is 332 g/mol. The van der Waals surface area contributed by atoms with Crippen LogP contribution in [-0.2, 0) is 4.79 Å². The van der Waals surface area contributed by atoms with Crippen molar-refractivity contribution in [2.45, 2.75) is 32.2 Å². The van der Waals surface area contributed by atoms with Crippen molar-refractivity contribution in [3.63, 3.8) is 0 Å². The zero-order valence-electron chi connectivity index (χ0n) is 12.7. The third-order valence-corrected chi connectivity index (χ3v) is 4.43. The first-order valence-electron chi connectivity index (χ1n) is 7.49. The number of piperidine rings is 1. The summed E-state index contributed by atoms with van der Waals surface area (Å²) in [5.41, 5.74) is 1.06. The quantitative estimate of drug-likeness (QED) is 0.883. The van der Waals surface area contributed by atoms with Gasteiger partial charge < -0.3 is 15.0 Å². The Balaban J connectivity index is 2.01. The summed E-state index contributed by atoms with van der Waals surface area (Å²) in [6, 6.07) is 6.11. The molecule has 1 amide bonds. The van der Waals surface area contributed by atoms with E-state index in [1.807, 2.05) is 30.1 Å². The third-order valence-electron chi connectivity index (χ3n) is 3.94. The van der Waals surface area contributed by atoms with Crippen LogP contribution in [0.5, 0.6) is 5.75 Å². The molecule has 4 nitrogen and oxygen atoms in total. The predicted octanol–water partition coefficient (Wildman–Crippen LogP) is 3.12. The van der Waals surface area contributed by atoms with Crippen LogP contribution in [-0.4, -0.2) is 37.6 Å². The minimum atomic E-state index is 0.0812. The summed E-state index contributed by atoms with van der Waals surface area (Å²) in [5.74, 6) is 0.842. The van der Waals surface area contributed by atoms with E-state index >= 15 is 0 Å². The molecule has 0 bridgehead atoms. The minimum Gasteiger partial charge on any atom is -0.483 e. The fraction of sp³-hybridized carbons (Fsp3) is 0.562. The van der Waals surface area contributed by atoms with Crippen LogP contribution >= 0.6 is 15.9 Å². The minimum absolute atomic E-state index is 0.0812. The first-order chi connectivity index (χ1) is 10.1. The molecule has 1 unspecified atom stereocenters. The van der Waals surface area contributed by atoms with E-state index in [0.29, 0.717) is 0 Å². The highest BCUT2D eigenvalue weighted by Gasteiger charge is 2.18. The molecule has 1 aliphatic heterocycles. The van der Waals surface area contributed by atoms with Gasteiger partial charge in [-0.05, 0) is 45.4 Å². The molecular formula is C16H23BrN2O2. The van der Waals surface area contributed by atoms with Crippen molar-refractivity contribution in [1.82, 2.24) is 10.2 Å². The van der Waals surface area contributed by atoms with Gasteiger partial charge in [-0.3, -0.25) is 4.79 Å². The normalized spacial score (nSPS) is 16.6. The smallest absolute Gasteiger partial charge is 0.260 e. The molecule has 21 heavy (non-hydrogen) atoms. The van der Waals surface area contributed by atoms with Crippen molar-refractivity contribution < 1.29 is 9.53 Å². The number of ether oxygens (including phenoxy) is 1. The number of benzene rings is 1. The molecule has 2 rings (SSSR count). The van der Waals surface area contributed by atoms with E-state index < -0.39 is 0 Å². The van der Waals surface area contributed by atoms with Gasteiger partial charge in [0.1, 0.15) is 5.75 Å². The Morgan fingerprint density at radius 1 is 1.38 bits per heavy atom. The number of carbonyl (C=O) groups excluding carboxylic acids is 1. The van der Waals surface area contributed by atoms with Gasteiger partial charge in [0.05, 0.1) is 0 Å². The van der Waals surface area contributed by atoms with Crippen LogP contribution in [0, 0.1) is 0 Å². The molecule has 5 heteroatoms. The van der Waals surface area contributed by atoms with Gasteiger partial charge in [0.2, 0.25) is 0 Å². The lowest BCUT2D eigenvalue weighted by atomic mass is 10.1. The number of halogens is 1. The SMILES string of the molecule is CNC(C)c1ccc(Br)cc1OCC(=O)N1CCCCC1. The van der Waals surface area contributed by atoms with Crippen LogP contribution in [0.25, 0.3) is 0 Å². The van der Waals surface area contributed by atoms with Crippen LogP contribution in [0.2, 0.25) is 0 Å². The van der Waals surface area contributed by atoms with Gasteiger partial charge in [-0.2, -0.15) is 0 Å². The molecule has 0 aromatic heterocycles. The fourth-order valence-corrected chi connectivity index (χ4v) is 2.86. The summed E-state index contributed by atoms with van der Waals surface area (Å²) in [7, 11) is 1.91. The van der Waals surface area contributed by atoms with Crippen molar-refractivity contribution in [3.05, 3.63) is 28.2 Å². The zero-order valence-corrected chi connectivity index (χ0v) is 14.3. The van der Waals surface area contributed by atoms with Crippen molar-refractivity contribution in [1.29, 1.82) is 0 Å². The largest absolute Gasteiger partial charge is 0.483 e. The Kier molecular flexibility index (Phi) is 6.06. The lowest BCUT2D eigenvalue weighted by Crippen LogP contribution is -2.38. The van der Waals surface area contributed by atoms with E-state index in [4.69, 9.17) is 4.74 Å². The van der Waals surface area contributed by atoms with E-state index in [9.17, 15) is 4.79 Å². The Morgan fingerprint density at radius 2 is 2.10 bits per heavy atom. The van der Waals surface area contributed by atoms with Crippen LogP contribution in [0.4, 0.5) is 0 Å². The molecule has 1 saturated heterocycles. The average molecular weight is 355 g/mol. The standard InChI is InChI=1S/C16H23BrN2O2/c1-12(18-2)14-7-6-13(17)10-15(14)21-11-16(20)19-8-4-3-5-9-19/h6-7,10,12,18H,3-5,8-9,11H2,1-2H3. The molecule has 0 saturated carbocycles. The Morgan fingerprint density at radius 3 is 2.76 bits per heavy atom. The van der Waals surface area contributed by atoms with E-state index in [0.717, 1.165) is 41.7 Å². The van der Waals surface area contributed by atoms with E-state index in [1.165, 1.54) is 6.42 Å². The number of carbonyl (C=O) groups is 1. The van der Waals surface area contributed by atoms with Gasteiger partial charge >= 0.3 is 0 Å². The number of nitrogens with zero attached hydrogens (tertiary/aromatic N) is 1. The van der Waals surface area contributed by atoms with E-state index in [-0.39, 0.29) is 18.6 Å².